The van der Waals surface area contributed by atoms with Crippen LogP contribution in [0.2, 0.25) is 0 Å². The molecule has 0 radical (unpaired) electrons. The zero-order valence-corrected chi connectivity index (χ0v) is 13.1. The van der Waals surface area contributed by atoms with Crippen molar-refractivity contribution < 1.29 is 9.53 Å². The normalized spacial score (nSPS) is 17.2. The summed E-state index contributed by atoms with van der Waals surface area (Å²) in [5.74, 6) is 2.69. The predicted molar refractivity (Wildman–Crippen MR) is 87.5 cm³/mol. The van der Waals surface area contributed by atoms with Gasteiger partial charge < -0.3 is 10.1 Å². The van der Waals surface area contributed by atoms with E-state index in [0.717, 1.165) is 23.6 Å². The number of ether oxygens (including phenoxy) is 1. The summed E-state index contributed by atoms with van der Waals surface area (Å²) in [4.78, 5) is 20.9. The molecular formula is C16H17N3O2S. The Morgan fingerprint density at radius 1 is 1.36 bits per heavy atom. The summed E-state index contributed by atoms with van der Waals surface area (Å²) in [5, 5.41) is 2.79. The van der Waals surface area contributed by atoms with Gasteiger partial charge in [0, 0.05) is 17.6 Å². The van der Waals surface area contributed by atoms with Gasteiger partial charge in [0.15, 0.2) is 0 Å². The predicted octanol–water partition coefficient (Wildman–Crippen LogP) is 2.92. The maximum Gasteiger partial charge on any atom is 0.262 e. The van der Waals surface area contributed by atoms with E-state index in [4.69, 9.17) is 4.74 Å². The molecule has 1 aliphatic rings. The van der Waals surface area contributed by atoms with Gasteiger partial charge in [0.25, 0.3) is 5.91 Å². The van der Waals surface area contributed by atoms with Gasteiger partial charge in [-0.25, -0.2) is 9.97 Å². The van der Waals surface area contributed by atoms with E-state index in [0.29, 0.717) is 17.3 Å². The summed E-state index contributed by atoms with van der Waals surface area (Å²) < 4.78 is 5.88. The maximum absolute atomic E-state index is 12.4. The molecule has 1 N–H and O–H groups in total. The zero-order chi connectivity index (χ0) is 15.4. The molecule has 114 valence electrons. The monoisotopic (exact) mass is 315 g/mol. The second-order valence-corrected chi connectivity index (χ2v) is 6.23. The molecule has 3 heterocycles. The topological polar surface area (TPSA) is 64.1 Å². The first-order chi connectivity index (χ1) is 10.7. The Balaban J connectivity index is 1.76. The summed E-state index contributed by atoms with van der Waals surface area (Å²) in [7, 11) is 0. The van der Waals surface area contributed by atoms with Crippen LogP contribution in [0.5, 0.6) is 5.88 Å². The molecule has 6 heteroatoms. The van der Waals surface area contributed by atoms with Crippen molar-refractivity contribution in [3.05, 3.63) is 47.8 Å². The van der Waals surface area contributed by atoms with Gasteiger partial charge in [-0.3, -0.25) is 4.79 Å². The van der Waals surface area contributed by atoms with Crippen LogP contribution < -0.4 is 10.1 Å². The fourth-order valence-electron chi connectivity index (χ4n) is 2.22. The molecule has 1 amide bonds. The number of hydrogen-bond donors (Lipinski definition) is 1. The summed E-state index contributed by atoms with van der Waals surface area (Å²) in [5.41, 5.74) is 1.28. The van der Waals surface area contributed by atoms with Crippen LogP contribution in [0.4, 0.5) is 5.82 Å². The molecule has 2 aromatic rings. The molecule has 1 fully saturated rings. The molecular weight excluding hydrogens is 298 g/mol. The molecule has 0 aliphatic carbocycles. The fraction of sp³-hybridized carbons (Fsp3) is 0.312. The summed E-state index contributed by atoms with van der Waals surface area (Å²) >= 11 is 1.86. The number of aromatic nitrogens is 2. The number of nitrogens with zero attached hydrogens (tertiary/aromatic N) is 2. The SMILES string of the molecule is Cc1cccc(NC(=O)c2cccnc2OC2CCSC2)n1. The highest BCUT2D eigenvalue weighted by molar-refractivity contribution is 7.99. The van der Waals surface area contributed by atoms with E-state index in [1.54, 1.807) is 24.4 Å². The van der Waals surface area contributed by atoms with Crippen molar-refractivity contribution in [1.29, 1.82) is 0 Å². The Morgan fingerprint density at radius 3 is 3.05 bits per heavy atom. The third-order valence-corrected chi connectivity index (χ3v) is 4.44. The number of hydrogen-bond acceptors (Lipinski definition) is 5. The smallest absolute Gasteiger partial charge is 0.262 e. The highest BCUT2D eigenvalue weighted by Gasteiger charge is 2.21. The van der Waals surface area contributed by atoms with Gasteiger partial charge in [0.1, 0.15) is 17.5 Å². The minimum absolute atomic E-state index is 0.128. The molecule has 0 aromatic carbocycles. The average Bonchev–Trinajstić information content (AvgIpc) is 3.01. The second kappa shape index (κ2) is 6.79. The van der Waals surface area contributed by atoms with Crippen molar-refractivity contribution in [3.8, 4) is 5.88 Å². The second-order valence-electron chi connectivity index (χ2n) is 5.08. The number of amides is 1. The average molecular weight is 315 g/mol. The molecule has 5 nitrogen and oxygen atoms in total. The first kappa shape index (κ1) is 14.8. The number of thioether (sulfide) groups is 1. The summed E-state index contributed by atoms with van der Waals surface area (Å²) in [6.45, 7) is 1.88. The quantitative estimate of drug-likeness (QED) is 0.940. The minimum atomic E-state index is -0.258. The lowest BCUT2D eigenvalue weighted by atomic mass is 10.2. The number of anilines is 1. The van der Waals surface area contributed by atoms with Crippen molar-refractivity contribution >= 4 is 23.5 Å². The van der Waals surface area contributed by atoms with E-state index in [-0.39, 0.29) is 12.0 Å². The van der Waals surface area contributed by atoms with Crippen LogP contribution in [0.25, 0.3) is 0 Å². The maximum atomic E-state index is 12.4. The van der Waals surface area contributed by atoms with Gasteiger partial charge in [-0.1, -0.05) is 6.07 Å². The molecule has 0 spiro atoms. The van der Waals surface area contributed by atoms with Crippen LogP contribution in [-0.4, -0.2) is 33.5 Å². The van der Waals surface area contributed by atoms with Crippen molar-refractivity contribution in [2.75, 3.05) is 16.8 Å². The van der Waals surface area contributed by atoms with Gasteiger partial charge >= 0.3 is 0 Å². The van der Waals surface area contributed by atoms with E-state index in [1.165, 1.54) is 0 Å². The number of pyridine rings is 2. The van der Waals surface area contributed by atoms with Gasteiger partial charge in [-0.05, 0) is 43.4 Å². The van der Waals surface area contributed by atoms with Gasteiger partial charge in [0.05, 0.1) is 0 Å². The Kier molecular flexibility index (Phi) is 4.58. The highest BCUT2D eigenvalue weighted by Crippen LogP contribution is 2.24. The van der Waals surface area contributed by atoms with Crippen LogP contribution in [0.15, 0.2) is 36.5 Å². The van der Waals surface area contributed by atoms with Gasteiger partial charge in [-0.15, -0.1) is 0 Å². The number of aryl methyl sites for hydroxylation is 1. The number of carbonyl (C=O) groups excluding carboxylic acids is 1. The summed E-state index contributed by atoms with van der Waals surface area (Å²) in [6.07, 6.45) is 2.75. The Morgan fingerprint density at radius 2 is 2.27 bits per heavy atom. The molecule has 2 aromatic heterocycles. The first-order valence-electron chi connectivity index (χ1n) is 7.17. The van der Waals surface area contributed by atoms with E-state index in [2.05, 4.69) is 15.3 Å². The number of rotatable bonds is 4. The van der Waals surface area contributed by atoms with Crippen molar-refractivity contribution in [2.45, 2.75) is 19.4 Å². The van der Waals surface area contributed by atoms with Crippen LogP contribution in [0, 0.1) is 6.92 Å². The lowest BCUT2D eigenvalue weighted by Gasteiger charge is -2.14. The van der Waals surface area contributed by atoms with Crippen LogP contribution in [0.3, 0.4) is 0 Å². The fourth-order valence-corrected chi connectivity index (χ4v) is 3.31. The molecule has 0 saturated carbocycles. The van der Waals surface area contributed by atoms with E-state index >= 15 is 0 Å². The number of carbonyl (C=O) groups is 1. The van der Waals surface area contributed by atoms with Crippen LogP contribution >= 0.6 is 11.8 Å². The Labute approximate surface area is 133 Å². The standard InChI is InChI=1S/C16H17N3O2S/c1-11-4-2-6-14(18-11)19-15(20)13-5-3-8-17-16(13)21-12-7-9-22-10-12/h2-6,8,12H,7,9-10H2,1H3,(H,18,19,20). The minimum Gasteiger partial charge on any atom is -0.473 e. The zero-order valence-electron chi connectivity index (χ0n) is 12.3. The molecule has 22 heavy (non-hydrogen) atoms. The van der Waals surface area contributed by atoms with Crippen molar-refractivity contribution in [2.24, 2.45) is 0 Å². The lowest BCUT2D eigenvalue weighted by molar-refractivity contribution is 0.101. The molecule has 1 unspecified atom stereocenters. The molecule has 0 bridgehead atoms. The third kappa shape index (κ3) is 3.57. The van der Waals surface area contributed by atoms with Crippen LogP contribution in [0.1, 0.15) is 22.5 Å². The molecule has 1 atom stereocenters. The molecule has 1 aliphatic heterocycles. The van der Waals surface area contributed by atoms with E-state index < -0.39 is 0 Å². The Hall–Kier alpha value is -2.08. The first-order valence-corrected chi connectivity index (χ1v) is 8.32. The van der Waals surface area contributed by atoms with Crippen molar-refractivity contribution in [3.63, 3.8) is 0 Å². The van der Waals surface area contributed by atoms with Gasteiger partial charge in [-0.2, -0.15) is 11.8 Å². The van der Waals surface area contributed by atoms with Gasteiger partial charge in [0.2, 0.25) is 5.88 Å². The third-order valence-electron chi connectivity index (χ3n) is 3.31. The number of nitrogens with one attached hydrogen (secondary N) is 1. The highest BCUT2D eigenvalue weighted by atomic mass is 32.2. The summed E-state index contributed by atoms with van der Waals surface area (Å²) in [6, 6.07) is 8.94. The van der Waals surface area contributed by atoms with Crippen molar-refractivity contribution in [1.82, 2.24) is 9.97 Å². The van der Waals surface area contributed by atoms with Crippen LogP contribution in [-0.2, 0) is 0 Å². The van der Waals surface area contributed by atoms with E-state index in [1.807, 2.05) is 30.8 Å². The lowest BCUT2D eigenvalue weighted by Crippen LogP contribution is -2.20. The molecule has 1 saturated heterocycles. The molecule has 3 rings (SSSR count). The largest absolute Gasteiger partial charge is 0.473 e. The Bertz CT molecular complexity index is 672. The van der Waals surface area contributed by atoms with E-state index in [9.17, 15) is 4.79 Å².